The van der Waals surface area contributed by atoms with E-state index in [9.17, 15) is 4.79 Å². The Balaban J connectivity index is 2.00. The molecule has 23 heavy (non-hydrogen) atoms. The molecule has 0 atom stereocenters. The number of para-hydroxylation sites is 2. The smallest absolute Gasteiger partial charge is 0.244 e. The van der Waals surface area contributed by atoms with E-state index in [1.165, 1.54) is 6.08 Å². The van der Waals surface area contributed by atoms with Gasteiger partial charge in [-0.05, 0) is 38.4 Å². The van der Waals surface area contributed by atoms with Gasteiger partial charge in [0.05, 0.1) is 0 Å². The Bertz CT molecular complexity index is 651. The summed E-state index contributed by atoms with van der Waals surface area (Å²) in [6.07, 6.45) is 3.30. The highest BCUT2D eigenvalue weighted by Gasteiger charge is 2.02. The molecule has 0 aliphatic heterocycles. The first-order valence-corrected chi connectivity index (χ1v) is 7.58. The summed E-state index contributed by atoms with van der Waals surface area (Å²) in [6, 6.07) is 17.2. The van der Waals surface area contributed by atoms with Crippen molar-refractivity contribution in [1.82, 2.24) is 10.2 Å². The predicted octanol–water partition coefficient (Wildman–Crippen LogP) is 3.17. The van der Waals surface area contributed by atoms with Crippen LogP contribution in [0, 0.1) is 0 Å². The molecule has 120 valence electrons. The summed E-state index contributed by atoms with van der Waals surface area (Å²) in [5, 5.41) is 2.85. The Labute approximate surface area is 137 Å². The van der Waals surface area contributed by atoms with E-state index in [4.69, 9.17) is 4.74 Å². The molecule has 2 aromatic carbocycles. The summed E-state index contributed by atoms with van der Waals surface area (Å²) < 4.78 is 5.86. The summed E-state index contributed by atoms with van der Waals surface area (Å²) in [4.78, 5) is 13.8. The number of carbonyl (C=O) groups excluding carboxylic acids is 1. The number of nitrogens with one attached hydrogen (secondary N) is 1. The molecule has 2 rings (SSSR count). The van der Waals surface area contributed by atoms with Gasteiger partial charge < -0.3 is 15.0 Å². The van der Waals surface area contributed by atoms with Crippen molar-refractivity contribution in [3.05, 3.63) is 66.2 Å². The molecule has 0 bridgehead atoms. The van der Waals surface area contributed by atoms with Crippen molar-refractivity contribution in [3.63, 3.8) is 0 Å². The first-order valence-electron chi connectivity index (χ1n) is 7.58. The van der Waals surface area contributed by atoms with Crippen LogP contribution >= 0.6 is 0 Å². The molecule has 0 spiro atoms. The van der Waals surface area contributed by atoms with Crippen LogP contribution in [-0.4, -0.2) is 38.0 Å². The van der Waals surface area contributed by atoms with Crippen LogP contribution in [0.1, 0.15) is 5.56 Å². The average Bonchev–Trinajstić information content (AvgIpc) is 2.55. The van der Waals surface area contributed by atoms with E-state index in [1.807, 2.05) is 73.6 Å². The van der Waals surface area contributed by atoms with Gasteiger partial charge in [0.1, 0.15) is 11.5 Å². The van der Waals surface area contributed by atoms with Crippen molar-refractivity contribution >= 4 is 12.0 Å². The van der Waals surface area contributed by atoms with Crippen molar-refractivity contribution in [2.45, 2.75) is 0 Å². The van der Waals surface area contributed by atoms with Gasteiger partial charge >= 0.3 is 0 Å². The highest BCUT2D eigenvalue weighted by Crippen LogP contribution is 2.25. The number of likely N-dealkylation sites (N-methyl/N-ethyl adjacent to an activating group) is 1. The first-order chi connectivity index (χ1) is 11.1. The number of hydrogen-bond donors (Lipinski definition) is 1. The third-order valence-electron chi connectivity index (χ3n) is 3.16. The lowest BCUT2D eigenvalue weighted by atomic mass is 10.2. The second-order valence-electron chi connectivity index (χ2n) is 5.38. The Hall–Kier alpha value is -2.59. The van der Waals surface area contributed by atoms with E-state index >= 15 is 0 Å². The third-order valence-corrected chi connectivity index (χ3v) is 3.16. The number of rotatable bonds is 7. The zero-order valence-corrected chi connectivity index (χ0v) is 13.5. The molecule has 2 aromatic rings. The molecule has 0 heterocycles. The minimum atomic E-state index is -0.110. The molecule has 0 saturated carbocycles. The van der Waals surface area contributed by atoms with E-state index in [0.29, 0.717) is 6.54 Å². The summed E-state index contributed by atoms with van der Waals surface area (Å²) in [7, 11) is 3.94. The van der Waals surface area contributed by atoms with Crippen LogP contribution in [-0.2, 0) is 4.79 Å². The van der Waals surface area contributed by atoms with Gasteiger partial charge in [-0.15, -0.1) is 0 Å². The number of amides is 1. The monoisotopic (exact) mass is 310 g/mol. The quantitative estimate of drug-likeness (QED) is 0.799. The Morgan fingerprint density at radius 2 is 1.78 bits per heavy atom. The van der Waals surface area contributed by atoms with Crippen LogP contribution in [0.5, 0.6) is 11.5 Å². The van der Waals surface area contributed by atoms with Crippen LogP contribution in [0.15, 0.2) is 60.7 Å². The van der Waals surface area contributed by atoms with Gasteiger partial charge in [-0.25, -0.2) is 0 Å². The highest BCUT2D eigenvalue weighted by atomic mass is 16.5. The van der Waals surface area contributed by atoms with E-state index < -0.39 is 0 Å². The molecule has 0 saturated heterocycles. The molecule has 0 radical (unpaired) electrons. The zero-order chi connectivity index (χ0) is 16.5. The minimum Gasteiger partial charge on any atom is -0.457 e. The molecule has 1 amide bonds. The van der Waals surface area contributed by atoms with Gasteiger partial charge in [0, 0.05) is 24.7 Å². The fourth-order valence-corrected chi connectivity index (χ4v) is 1.95. The molecule has 0 aliphatic rings. The molecule has 0 aromatic heterocycles. The van der Waals surface area contributed by atoms with Crippen LogP contribution in [0.4, 0.5) is 0 Å². The lowest BCUT2D eigenvalue weighted by Gasteiger charge is -2.09. The maximum atomic E-state index is 11.8. The van der Waals surface area contributed by atoms with Crippen LogP contribution in [0.2, 0.25) is 0 Å². The average molecular weight is 310 g/mol. The molecule has 1 N–H and O–H groups in total. The van der Waals surface area contributed by atoms with Gasteiger partial charge in [0.2, 0.25) is 5.91 Å². The van der Waals surface area contributed by atoms with E-state index in [2.05, 4.69) is 5.32 Å². The van der Waals surface area contributed by atoms with Crippen LogP contribution < -0.4 is 10.1 Å². The maximum Gasteiger partial charge on any atom is 0.244 e. The normalized spacial score (nSPS) is 10.9. The topological polar surface area (TPSA) is 41.6 Å². The predicted molar refractivity (Wildman–Crippen MR) is 93.6 cm³/mol. The third kappa shape index (κ3) is 5.96. The van der Waals surface area contributed by atoms with Gasteiger partial charge in [-0.3, -0.25) is 4.79 Å². The molecule has 4 heteroatoms. The second kappa shape index (κ2) is 8.76. The maximum absolute atomic E-state index is 11.8. The number of hydrogen-bond acceptors (Lipinski definition) is 3. The van der Waals surface area contributed by atoms with Crippen molar-refractivity contribution in [1.29, 1.82) is 0 Å². The molecular weight excluding hydrogens is 288 g/mol. The lowest BCUT2D eigenvalue weighted by Crippen LogP contribution is -2.30. The summed E-state index contributed by atoms with van der Waals surface area (Å²) >= 11 is 0. The Kier molecular flexibility index (Phi) is 6.39. The number of carbonyl (C=O) groups is 1. The Morgan fingerprint density at radius 3 is 2.52 bits per heavy atom. The van der Waals surface area contributed by atoms with E-state index in [1.54, 1.807) is 6.08 Å². The number of ether oxygens (including phenoxy) is 1. The molecule has 4 nitrogen and oxygen atoms in total. The SMILES string of the molecule is CN(C)CCNC(=O)C=Cc1ccccc1Oc1ccccc1. The minimum absolute atomic E-state index is 0.110. The zero-order valence-electron chi connectivity index (χ0n) is 13.5. The Morgan fingerprint density at radius 1 is 1.09 bits per heavy atom. The molecule has 0 unspecified atom stereocenters. The summed E-state index contributed by atoms with van der Waals surface area (Å²) in [5.74, 6) is 1.38. The summed E-state index contributed by atoms with van der Waals surface area (Å²) in [5.41, 5.74) is 0.860. The fraction of sp³-hybridized carbons (Fsp3) is 0.211. The van der Waals surface area contributed by atoms with Gasteiger partial charge in [-0.1, -0.05) is 36.4 Å². The summed E-state index contributed by atoms with van der Waals surface area (Å²) in [6.45, 7) is 1.44. The molecule has 0 fully saturated rings. The van der Waals surface area contributed by atoms with Crippen LogP contribution in [0.25, 0.3) is 6.08 Å². The van der Waals surface area contributed by atoms with Crippen molar-refractivity contribution in [2.75, 3.05) is 27.2 Å². The van der Waals surface area contributed by atoms with Crippen LogP contribution in [0.3, 0.4) is 0 Å². The van der Waals surface area contributed by atoms with Crippen molar-refractivity contribution in [2.24, 2.45) is 0 Å². The molecule has 0 aliphatic carbocycles. The van der Waals surface area contributed by atoms with Gasteiger partial charge in [-0.2, -0.15) is 0 Å². The largest absolute Gasteiger partial charge is 0.457 e. The number of nitrogens with zero attached hydrogens (tertiary/aromatic N) is 1. The van der Waals surface area contributed by atoms with E-state index in [-0.39, 0.29) is 5.91 Å². The lowest BCUT2D eigenvalue weighted by molar-refractivity contribution is -0.116. The highest BCUT2D eigenvalue weighted by molar-refractivity contribution is 5.92. The fourth-order valence-electron chi connectivity index (χ4n) is 1.95. The standard InChI is InChI=1S/C19H22N2O2/c1-21(2)15-14-20-19(22)13-12-16-8-6-7-11-18(16)23-17-9-4-3-5-10-17/h3-13H,14-15H2,1-2H3,(H,20,22). The van der Waals surface area contributed by atoms with E-state index in [0.717, 1.165) is 23.6 Å². The second-order valence-corrected chi connectivity index (χ2v) is 5.38. The number of benzene rings is 2. The van der Waals surface area contributed by atoms with Crippen molar-refractivity contribution in [3.8, 4) is 11.5 Å². The van der Waals surface area contributed by atoms with Gasteiger partial charge in [0.15, 0.2) is 0 Å². The van der Waals surface area contributed by atoms with Gasteiger partial charge in [0.25, 0.3) is 0 Å². The van der Waals surface area contributed by atoms with Crippen molar-refractivity contribution < 1.29 is 9.53 Å². The molecular formula is C19H22N2O2. The first kappa shape index (κ1) is 16.8.